The fourth-order valence-electron chi connectivity index (χ4n) is 6.74. The molecule has 8 atom stereocenters. The summed E-state index contributed by atoms with van der Waals surface area (Å²) in [5.74, 6) is -3.85. The molecule has 3 rings (SSSR count). The molecular weight excluding hydrogens is 420 g/mol. The summed E-state index contributed by atoms with van der Waals surface area (Å²) in [6, 6.07) is 0. The normalized spacial score (nSPS) is 47.6. The van der Waals surface area contributed by atoms with Gasteiger partial charge in [-0.2, -0.15) is 0 Å². The average Bonchev–Trinajstić information content (AvgIpc) is 2.69. The Morgan fingerprint density at radius 1 is 1.19 bits per heavy atom. The van der Waals surface area contributed by atoms with E-state index in [1.165, 1.54) is 20.8 Å². The van der Waals surface area contributed by atoms with Crippen LogP contribution < -0.4 is 0 Å². The first-order valence-corrected chi connectivity index (χ1v) is 10.7. The Morgan fingerprint density at radius 3 is 2.28 bits per heavy atom. The molecule has 9 nitrogen and oxygen atoms in total. The fourth-order valence-corrected chi connectivity index (χ4v) is 6.74. The van der Waals surface area contributed by atoms with Gasteiger partial charge in [0, 0.05) is 18.3 Å². The van der Waals surface area contributed by atoms with Crippen molar-refractivity contribution in [1.82, 2.24) is 0 Å². The van der Waals surface area contributed by atoms with Gasteiger partial charge in [0.25, 0.3) is 6.47 Å². The fraction of sp³-hybridized carbons (Fsp3) is 0.739. The van der Waals surface area contributed by atoms with Crippen LogP contribution in [-0.4, -0.2) is 69.3 Å². The van der Waals surface area contributed by atoms with E-state index in [0.29, 0.717) is 6.42 Å². The summed E-state index contributed by atoms with van der Waals surface area (Å²) >= 11 is 0. The molecule has 9 heteroatoms. The number of fused-ring (bicyclic) bond motifs is 3. The van der Waals surface area contributed by atoms with Gasteiger partial charge < -0.3 is 24.4 Å². The van der Waals surface area contributed by atoms with Crippen molar-refractivity contribution in [1.29, 1.82) is 0 Å². The SMILES string of the molecule is C=C[C@]1(C)O[C@]2(C)[C@@H](OC(C)=O)[C@@H](O)[C@H]3C(C)(C)CC[C@H](OC=O)[C@]3(C)[C@@]2(O)C(=O)C1=O. The summed E-state index contributed by atoms with van der Waals surface area (Å²) < 4.78 is 16.9. The van der Waals surface area contributed by atoms with Crippen molar-refractivity contribution in [3.05, 3.63) is 12.7 Å². The maximum Gasteiger partial charge on any atom is 0.303 e. The van der Waals surface area contributed by atoms with Crippen LogP contribution in [0, 0.1) is 16.7 Å². The van der Waals surface area contributed by atoms with Gasteiger partial charge in [0.15, 0.2) is 17.3 Å². The van der Waals surface area contributed by atoms with Gasteiger partial charge in [0.05, 0.1) is 6.10 Å². The molecule has 3 fully saturated rings. The van der Waals surface area contributed by atoms with E-state index in [2.05, 4.69) is 6.58 Å². The lowest BCUT2D eigenvalue weighted by Crippen LogP contribution is -2.88. The molecule has 0 radical (unpaired) electrons. The number of carbonyl (C=O) groups is 4. The second-order valence-electron chi connectivity index (χ2n) is 10.4. The highest BCUT2D eigenvalue weighted by Gasteiger charge is 2.83. The second-order valence-corrected chi connectivity index (χ2v) is 10.4. The average molecular weight is 453 g/mol. The summed E-state index contributed by atoms with van der Waals surface area (Å²) in [7, 11) is 0. The highest BCUT2D eigenvalue weighted by Crippen LogP contribution is 2.67. The number of rotatable bonds is 4. The number of Topliss-reactive ketones (excluding diaryl/α,β-unsaturated/α-hetero) is 2. The standard InChI is InChI=1S/C23H32O9/c1-8-20(5)16(27)17(28)23(29)21(6)13(30-11-24)9-10-19(3,4)15(21)14(26)18(31-12(2)25)22(23,7)32-20/h8,11,13-15,18,26,29H,1,9-10H2,2-7H3/t13-,14-,15-,18-,20-,21-,22+,23-/m0/s1. The zero-order valence-electron chi connectivity index (χ0n) is 19.3. The number of ether oxygens (including phenoxy) is 3. The quantitative estimate of drug-likeness (QED) is 0.276. The van der Waals surface area contributed by atoms with E-state index in [0.717, 1.165) is 13.0 Å². The van der Waals surface area contributed by atoms with Crippen molar-refractivity contribution < 1.29 is 43.6 Å². The van der Waals surface area contributed by atoms with Gasteiger partial charge in [-0.15, -0.1) is 0 Å². The molecule has 0 aromatic carbocycles. The molecule has 0 aromatic rings. The zero-order valence-corrected chi connectivity index (χ0v) is 19.3. The van der Waals surface area contributed by atoms with Crippen molar-refractivity contribution in [2.24, 2.45) is 16.7 Å². The monoisotopic (exact) mass is 452 g/mol. The van der Waals surface area contributed by atoms with Crippen LogP contribution in [0.2, 0.25) is 0 Å². The van der Waals surface area contributed by atoms with Crippen LogP contribution in [0.1, 0.15) is 54.4 Å². The first-order valence-electron chi connectivity index (χ1n) is 10.7. The summed E-state index contributed by atoms with van der Waals surface area (Å²) in [4.78, 5) is 50.2. The smallest absolute Gasteiger partial charge is 0.303 e. The van der Waals surface area contributed by atoms with Gasteiger partial charge in [-0.3, -0.25) is 19.2 Å². The Labute approximate surface area is 187 Å². The summed E-state index contributed by atoms with van der Waals surface area (Å²) in [5, 5.41) is 23.9. The molecule has 1 saturated heterocycles. The third-order valence-electron chi connectivity index (χ3n) is 8.21. The number of esters is 1. The minimum atomic E-state index is -2.59. The van der Waals surface area contributed by atoms with E-state index >= 15 is 0 Å². The molecule has 0 amide bonds. The Morgan fingerprint density at radius 2 is 1.78 bits per heavy atom. The molecule has 32 heavy (non-hydrogen) atoms. The molecule has 2 saturated carbocycles. The van der Waals surface area contributed by atoms with Crippen LogP contribution in [0.3, 0.4) is 0 Å². The van der Waals surface area contributed by atoms with Gasteiger partial charge in [0.2, 0.25) is 11.6 Å². The molecule has 0 aromatic heterocycles. The van der Waals surface area contributed by atoms with Gasteiger partial charge >= 0.3 is 5.97 Å². The lowest BCUT2D eigenvalue weighted by Gasteiger charge is -2.70. The van der Waals surface area contributed by atoms with Crippen molar-refractivity contribution in [2.75, 3.05) is 0 Å². The molecule has 1 heterocycles. The van der Waals surface area contributed by atoms with Crippen molar-refractivity contribution in [3.63, 3.8) is 0 Å². The third-order valence-corrected chi connectivity index (χ3v) is 8.21. The van der Waals surface area contributed by atoms with Crippen molar-refractivity contribution in [2.45, 2.75) is 89.5 Å². The lowest BCUT2D eigenvalue weighted by molar-refractivity contribution is -0.362. The number of hydrogen-bond acceptors (Lipinski definition) is 9. The highest BCUT2D eigenvalue weighted by molar-refractivity contribution is 6.44. The Hall–Kier alpha value is -2.10. The minimum absolute atomic E-state index is 0.223. The molecule has 2 aliphatic carbocycles. The van der Waals surface area contributed by atoms with E-state index in [1.54, 1.807) is 0 Å². The predicted molar refractivity (Wildman–Crippen MR) is 110 cm³/mol. The largest absolute Gasteiger partial charge is 0.464 e. The van der Waals surface area contributed by atoms with E-state index in [9.17, 15) is 29.4 Å². The highest BCUT2D eigenvalue weighted by atomic mass is 16.6. The number of ketones is 2. The lowest BCUT2D eigenvalue weighted by atomic mass is 9.39. The first kappa shape index (κ1) is 24.5. The third kappa shape index (κ3) is 2.74. The molecule has 2 N–H and O–H groups in total. The minimum Gasteiger partial charge on any atom is -0.464 e. The number of aliphatic hydroxyl groups excluding tert-OH is 1. The van der Waals surface area contributed by atoms with Crippen LogP contribution in [0.5, 0.6) is 0 Å². The maximum atomic E-state index is 13.7. The predicted octanol–water partition coefficient (Wildman–Crippen LogP) is 0.880. The Bertz CT molecular complexity index is 881. The zero-order chi connectivity index (χ0) is 24.5. The van der Waals surface area contributed by atoms with Crippen LogP contribution in [0.15, 0.2) is 12.7 Å². The summed E-state index contributed by atoms with van der Waals surface area (Å²) in [6.07, 6.45) is -2.01. The molecule has 3 aliphatic rings. The van der Waals surface area contributed by atoms with Crippen LogP contribution >= 0.6 is 0 Å². The molecular formula is C23H32O9. The summed E-state index contributed by atoms with van der Waals surface area (Å²) in [5.41, 5.74) is -8.81. The van der Waals surface area contributed by atoms with Crippen molar-refractivity contribution >= 4 is 24.0 Å². The number of hydrogen-bond donors (Lipinski definition) is 2. The molecule has 1 aliphatic heterocycles. The van der Waals surface area contributed by atoms with Gasteiger partial charge in [-0.1, -0.05) is 33.4 Å². The Balaban J connectivity index is 2.40. The van der Waals surface area contributed by atoms with E-state index in [-0.39, 0.29) is 12.9 Å². The van der Waals surface area contributed by atoms with Gasteiger partial charge in [-0.25, -0.2) is 0 Å². The van der Waals surface area contributed by atoms with E-state index in [1.807, 2.05) is 13.8 Å². The molecule has 0 unspecified atom stereocenters. The summed E-state index contributed by atoms with van der Waals surface area (Å²) in [6.45, 7) is 12.8. The van der Waals surface area contributed by atoms with E-state index in [4.69, 9.17) is 14.2 Å². The van der Waals surface area contributed by atoms with Gasteiger partial charge in [0.1, 0.15) is 11.7 Å². The molecule has 0 spiro atoms. The topological polar surface area (TPSA) is 136 Å². The van der Waals surface area contributed by atoms with Crippen LogP contribution in [-0.2, 0) is 33.4 Å². The van der Waals surface area contributed by atoms with Crippen molar-refractivity contribution in [3.8, 4) is 0 Å². The van der Waals surface area contributed by atoms with E-state index < -0.39 is 69.4 Å². The molecule has 0 bridgehead atoms. The second kappa shape index (κ2) is 7.20. The van der Waals surface area contributed by atoms with Crippen LogP contribution in [0.25, 0.3) is 0 Å². The molecule has 178 valence electrons. The first-order chi connectivity index (χ1) is 14.6. The van der Waals surface area contributed by atoms with Gasteiger partial charge in [-0.05, 0) is 32.1 Å². The Kier molecular flexibility index (Phi) is 5.52. The number of aliphatic hydroxyl groups is 2. The number of carbonyl (C=O) groups excluding carboxylic acids is 4. The maximum absolute atomic E-state index is 13.7. The van der Waals surface area contributed by atoms with Crippen LogP contribution in [0.4, 0.5) is 0 Å².